The smallest absolute Gasteiger partial charge is 0.231 e. The fourth-order valence-electron chi connectivity index (χ4n) is 2.93. The second kappa shape index (κ2) is 7.03. The molecule has 0 aromatic carbocycles. The molecular weight excluding hydrogens is 242 g/mol. The van der Waals surface area contributed by atoms with Gasteiger partial charge in [0.25, 0.3) is 0 Å². The Hall–Kier alpha value is -0.910. The molecular formula is C14H25N3O2. The number of hydrogen-bond acceptors (Lipinski definition) is 4. The van der Waals surface area contributed by atoms with Crippen molar-refractivity contribution in [2.45, 2.75) is 31.4 Å². The highest BCUT2D eigenvalue weighted by atomic mass is 16.5. The van der Waals surface area contributed by atoms with Crippen molar-refractivity contribution < 1.29 is 9.53 Å². The molecule has 0 bridgehead atoms. The van der Waals surface area contributed by atoms with Crippen LogP contribution in [0.25, 0.3) is 0 Å². The van der Waals surface area contributed by atoms with Crippen LogP contribution in [-0.4, -0.2) is 67.7 Å². The lowest BCUT2D eigenvalue weighted by molar-refractivity contribution is -0.119. The first kappa shape index (κ1) is 14.5. The van der Waals surface area contributed by atoms with Crippen molar-refractivity contribution in [3.05, 3.63) is 12.2 Å². The highest BCUT2D eigenvalue weighted by Gasteiger charge is 2.26. The summed E-state index contributed by atoms with van der Waals surface area (Å²) in [5.74, 6) is -0.287. The summed E-state index contributed by atoms with van der Waals surface area (Å²) in [4.78, 5) is 15.3. The zero-order valence-corrected chi connectivity index (χ0v) is 11.8. The maximum Gasteiger partial charge on any atom is 0.231 e. The lowest BCUT2D eigenvalue weighted by Crippen LogP contribution is -2.51. The van der Waals surface area contributed by atoms with E-state index in [0.717, 1.165) is 26.2 Å². The molecule has 2 rings (SSSR count). The van der Waals surface area contributed by atoms with Gasteiger partial charge in [0, 0.05) is 25.7 Å². The van der Waals surface area contributed by atoms with E-state index in [4.69, 9.17) is 10.5 Å². The first-order valence-corrected chi connectivity index (χ1v) is 7.14. The number of carbonyl (C=O) groups excluding carboxylic acids is 1. The lowest BCUT2D eigenvalue weighted by Gasteiger charge is -2.39. The van der Waals surface area contributed by atoms with Crippen LogP contribution in [0.15, 0.2) is 12.2 Å². The van der Waals surface area contributed by atoms with Gasteiger partial charge in [0.2, 0.25) is 5.91 Å². The van der Waals surface area contributed by atoms with Crippen LogP contribution in [-0.2, 0) is 9.53 Å². The van der Waals surface area contributed by atoms with Crippen molar-refractivity contribution in [3.8, 4) is 0 Å². The molecule has 5 heteroatoms. The van der Waals surface area contributed by atoms with Crippen molar-refractivity contribution in [2.75, 3.05) is 39.8 Å². The van der Waals surface area contributed by atoms with Crippen molar-refractivity contribution in [2.24, 2.45) is 5.73 Å². The Morgan fingerprint density at radius 1 is 1.58 bits per heavy atom. The molecule has 2 N–H and O–H groups in total. The number of nitrogens with two attached hydrogens (primary N) is 1. The second-order valence-corrected chi connectivity index (χ2v) is 5.58. The Kier molecular flexibility index (Phi) is 5.36. The quantitative estimate of drug-likeness (QED) is 0.724. The molecule has 0 aromatic rings. The monoisotopic (exact) mass is 267 g/mol. The van der Waals surface area contributed by atoms with Crippen molar-refractivity contribution in [1.82, 2.24) is 9.80 Å². The van der Waals surface area contributed by atoms with Crippen LogP contribution in [0.1, 0.15) is 19.3 Å². The Bertz CT molecular complexity index is 333. The summed E-state index contributed by atoms with van der Waals surface area (Å²) in [6.07, 6.45) is 8.54. The van der Waals surface area contributed by atoms with Crippen molar-refractivity contribution >= 4 is 5.91 Å². The number of morpholine rings is 1. The number of likely N-dealkylation sites (N-methyl/N-ethyl adjacent to an activating group) is 1. The number of rotatable bonds is 5. The van der Waals surface area contributed by atoms with E-state index in [9.17, 15) is 4.79 Å². The molecule has 0 radical (unpaired) electrons. The van der Waals surface area contributed by atoms with Gasteiger partial charge in [-0.2, -0.15) is 0 Å². The molecule has 1 fully saturated rings. The number of primary amides is 1. The zero-order chi connectivity index (χ0) is 13.7. The Morgan fingerprint density at radius 2 is 2.42 bits per heavy atom. The third-order valence-electron chi connectivity index (χ3n) is 3.81. The summed E-state index contributed by atoms with van der Waals surface area (Å²) in [5.41, 5.74) is 5.20. The van der Waals surface area contributed by atoms with E-state index < -0.39 is 0 Å². The summed E-state index contributed by atoms with van der Waals surface area (Å²) in [6, 6.07) is 0.571. The normalized spacial score (nSPS) is 28.7. The maximum absolute atomic E-state index is 10.9. The molecule has 1 amide bonds. The minimum atomic E-state index is -0.287. The Morgan fingerprint density at radius 3 is 3.11 bits per heavy atom. The van der Waals surface area contributed by atoms with Gasteiger partial charge in [-0.1, -0.05) is 12.2 Å². The molecule has 0 spiro atoms. The first-order chi connectivity index (χ1) is 9.15. The molecule has 2 atom stereocenters. The van der Waals surface area contributed by atoms with Gasteiger partial charge in [-0.3, -0.25) is 14.6 Å². The standard InChI is InChI=1S/C14H25N3O2/c1-16(11-14(15)18)9-13-10-17(7-8-19-13)12-5-3-2-4-6-12/h3,5,12-13H,2,4,6-11H2,1H3,(H2,15,18)/t12-,13-/m0/s1. The predicted molar refractivity (Wildman–Crippen MR) is 74.8 cm³/mol. The first-order valence-electron chi connectivity index (χ1n) is 7.14. The van der Waals surface area contributed by atoms with Crippen LogP contribution in [0.2, 0.25) is 0 Å². The van der Waals surface area contributed by atoms with Crippen LogP contribution < -0.4 is 5.73 Å². The zero-order valence-electron chi connectivity index (χ0n) is 11.8. The highest BCUT2D eigenvalue weighted by Crippen LogP contribution is 2.19. The number of amides is 1. The highest BCUT2D eigenvalue weighted by molar-refractivity contribution is 5.75. The predicted octanol–water partition coefficient (Wildman–Crippen LogP) is 0.213. The average molecular weight is 267 g/mol. The molecule has 1 heterocycles. The van der Waals surface area contributed by atoms with E-state index in [1.165, 1.54) is 19.3 Å². The SMILES string of the molecule is CN(CC(N)=O)C[C@H]1CN([C@H]2C=CCCC2)CCO1. The molecule has 0 aromatic heterocycles. The number of carbonyl (C=O) groups is 1. The molecule has 1 saturated heterocycles. The van der Waals surface area contributed by atoms with Gasteiger partial charge in [-0.25, -0.2) is 0 Å². The third kappa shape index (κ3) is 4.60. The van der Waals surface area contributed by atoms with E-state index in [0.29, 0.717) is 12.6 Å². The maximum atomic E-state index is 10.9. The molecule has 0 unspecified atom stereocenters. The van der Waals surface area contributed by atoms with E-state index in [-0.39, 0.29) is 12.0 Å². The lowest BCUT2D eigenvalue weighted by atomic mass is 10.0. The Balaban J connectivity index is 1.81. The average Bonchev–Trinajstić information content (AvgIpc) is 2.39. The van der Waals surface area contributed by atoms with Gasteiger partial charge in [0.1, 0.15) is 0 Å². The van der Waals surface area contributed by atoms with Crippen LogP contribution in [0.5, 0.6) is 0 Å². The van der Waals surface area contributed by atoms with Crippen LogP contribution in [0.3, 0.4) is 0 Å². The third-order valence-corrected chi connectivity index (χ3v) is 3.81. The molecule has 19 heavy (non-hydrogen) atoms. The number of hydrogen-bond donors (Lipinski definition) is 1. The number of allylic oxidation sites excluding steroid dienone is 1. The van der Waals surface area contributed by atoms with Gasteiger partial charge >= 0.3 is 0 Å². The molecule has 1 aliphatic heterocycles. The summed E-state index contributed by atoms with van der Waals surface area (Å²) in [5, 5.41) is 0. The summed E-state index contributed by atoms with van der Waals surface area (Å²) in [6.45, 7) is 3.78. The summed E-state index contributed by atoms with van der Waals surface area (Å²) >= 11 is 0. The Labute approximate surface area is 115 Å². The summed E-state index contributed by atoms with van der Waals surface area (Å²) < 4.78 is 5.79. The minimum absolute atomic E-state index is 0.174. The fourth-order valence-corrected chi connectivity index (χ4v) is 2.93. The molecule has 1 aliphatic carbocycles. The molecule has 2 aliphatic rings. The van der Waals surface area contributed by atoms with Crippen LogP contribution in [0.4, 0.5) is 0 Å². The van der Waals surface area contributed by atoms with Crippen molar-refractivity contribution in [3.63, 3.8) is 0 Å². The van der Waals surface area contributed by atoms with E-state index >= 15 is 0 Å². The fraction of sp³-hybridized carbons (Fsp3) is 0.786. The largest absolute Gasteiger partial charge is 0.374 e. The topological polar surface area (TPSA) is 58.8 Å². The van der Waals surface area contributed by atoms with E-state index in [2.05, 4.69) is 17.1 Å². The van der Waals surface area contributed by atoms with Gasteiger partial charge in [-0.05, 0) is 26.3 Å². The molecule has 108 valence electrons. The van der Waals surface area contributed by atoms with Gasteiger partial charge in [-0.15, -0.1) is 0 Å². The van der Waals surface area contributed by atoms with E-state index in [1.54, 1.807) is 0 Å². The minimum Gasteiger partial charge on any atom is -0.374 e. The molecule has 5 nitrogen and oxygen atoms in total. The van der Waals surface area contributed by atoms with Crippen molar-refractivity contribution in [1.29, 1.82) is 0 Å². The second-order valence-electron chi connectivity index (χ2n) is 5.58. The van der Waals surface area contributed by atoms with E-state index in [1.807, 2.05) is 11.9 Å². The number of nitrogens with zero attached hydrogens (tertiary/aromatic N) is 2. The van der Waals surface area contributed by atoms with Gasteiger partial charge < -0.3 is 10.5 Å². The number of ether oxygens (including phenoxy) is 1. The molecule has 0 saturated carbocycles. The van der Waals surface area contributed by atoms with Gasteiger partial charge in [0.05, 0.1) is 19.3 Å². The summed E-state index contributed by atoms with van der Waals surface area (Å²) in [7, 11) is 1.91. The van der Waals surface area contributed by atoms with Crippen LogP contribution in [0, 0.1) is 0 Å². The van der Waals surface area contributed by atoms with Gasteiger partial charge in [0.15, 0.2) is 0 Å². The van der Waals surface area contributed by atoms with Crippen LogP contribution >= 0.6 is 0 Å².